The fourth-order valence-corrected chi connectivity index (χ4v) is 3.03. The first-order chi connectivity index (χ1) is 12.4. The lowest BCUT2D eigenvalue weighted by Gasteiger charge is -2.38. The Balaban J connectivity index is 2.92. The number of hydrogen-bond donors (Lipinski definition) is 4. The van der Waals surface area contributed by atoms with Gasteiger partial charge < -0.3 is 22.1 Å². The maximum absolute atomic E-state index is 14.0. The molecule has 4 nitrogen and oxygen atoms in total. The van der Waals surface area contributed by atoms with Crippen molar-refractivity contribution in [1.29, 1.82) is 0 Å². The average molecular weight is 392 g/mol. The van der Waals surface area contributed by atoms with Crippen LogP contribution in [0.1, 0.15) is 11.1 Å². The second-order valence-electron chi connectivity index (χ2n) is 5.85. The van der Waals surface area contributed by atoms with E-state index in [1.165, 1.54) is 14.1 Å². The number of halogens is 6. The number of anilines is 4. The van der Waals surface area contributed by atoms with Crippen LogP contribution in [0.25, 0.3) is 0 Å². The van der Waals surface area contributed by atoms with Gasteiger partial charge in [0.25, 0.3) is 0 Å². The van der Waals surface area contributed by atoms with Crippen LogP contribution in [-0.4, -0.2) is 26.4 Å². The van der Waals surface area contributed by atoms with E-state index in [2.05, 4.69) is 10.6 Å². The van der Waals surface area contributed by atoms with Crippen molar-refractivity contribution in [2.75, 3.05) is 36.2 Å². The third-order valence-corrected chi connectivity index (χ3v) is 4.36. The van der Waals surface area contributed by atoms with Crippen molar-refractivity contribution in [1.82, 2.24) is 0 Å². The summed E-state index contributed by atoms with van der Waals surface area (Å²) in [5.41, 5.74) is 4.83. The molecule has 0 unspecified atom stereocenters. The van der Waals surface area contributed by atoms with Crippen molar-refractivity contribution < 1.29 is 26.3 Å². The summed E-state index contributed by atoms with van der Waals surface area (Å²) in [6, 6.07) is 5.01. The van der Waals surface area contributed by atoms with Gasteiger partial charge in [0.05, 0.1) is 22.7 Å². The van der Waals surface area contributed by atoms with E-state index in [1.807, 2.05) is 0 Å². The molecule has 6 N–H and O–H groups in total. The zero-order valence-electron chi connectivity index (χ0n) is 14.4. The Morgan fingerprint density at radius 2 is 1.00 bits per heavy atom. The molecule has 0 radical (unpaired) electrons. The maximum Gasteiger partial charge on any atom is 0.411 e. The van der Waals surface area contributed by atoms with Crippen LogP contribution >= 0.6 is 0 Å². The molecule has 2 rings (SSSR count). The van der Waals surface area contributed by atoms with E-state index in [-0.39, 0.29) is 22.7 Å². The minimum absolute atomic E-state index is 0.210. The Morgan fingerprint density at radius 3 is 1.22 bits per heavy atom. The van der Waals surface area contributed by atoms with Crippen LogP contribution < -0.4 is 22.1 Å². The number of nitrogens with two attached hydrogens (primary N) is 2. The number of benzene rings is 2. The molecule has 0 spiro atoms. The summed E-state index contributed by atoms with van der Waals surface area (Å²) in [5, 5.41) is 5.20. The van der Waals surface area contributed by atoms with Crippen molar-refractivity contribution in [2.24, 2.45) is 0 Å². The summed E-state index contributed by atoms with van der Waals surface area (Å²) in [6.45, 7) is 0. The first kappa shape index (κ1) is 20.5. The molecular weight excluding hydrogens is 374 g/mol. The van der Waals surface area contributed by atoms with E-state index in [4.69, 9.17) is 11.5 Å². The molecule has 0 heterocycles. The van der Waals surface area contributed by atoms with Gasteiger partial charge in [-0.1, -0.05) is 12.1 Å². The van der Waals surface area contributed by atoms with Crippen LogP contribution in [-0.2, 0) is 5.41 Å². The molecule has 0 aliphatic heterocycles. The molecule has 2 aromatic rings. The van der Waals surface area contributed by atoms with Crippen LogP contribution in [0, 0.1) is 0 Å². The zero-order chi connectivity index (χ0) is 20.6. The SMILES string of the molecule is CNc1ccc(C(c2ccc(NC)c(N)c2)(C(F)(F)F)C(F)(F)F)cc1N. The van der Waals surface area contributed by atoms with Gasteiger partial charge in [-0.2, -0.15) is 26.3 Å². The fraction of sp³-hybridized carbons (Fsp3) is 0.294. The van der Waals surface area contributed by atoms with Crippen LogP contribution in [0.5, 0.6) is 0 Å². The molecule has 10 heteroatoms. The summed E-state index contributed by atoms with van der Waals surface area (Å²) in [4.78, 5) is 0. The summed E-state index contributed by atoms with van der Waals surface area (Å²) in [7, 11) is 2.90. The molecule has 0 bridgehead atoms. The van der Waals surface area contributed by atoms with Gasteiger partial charge in [0.2, 0.25) is 5.41 Å². The predicted octanol–water partition coefficient (Wildman–Crippen LogP) is 4.35. The summed E-state index contributed by atoms with van der Waals surface area (Å²) in [5.74, 6) is 0. The quantitative estimate of drug-likeness (QED) is 0.461. The van der Waals surface area contributed by atoms with Crippen LogP contribution in [0.15, 0.2) is 36.4 Å². The molecule has 0 amide bonds. The van der Waals surface area contributed by atoms with E-state index >= 15 is 0 Å². The Bertz CT molecular complexity index is 760. The second kappa shape index (κ2) is 6.75. The minimum atomic E-state index is -5.70. The van der Waals surface area contributed by atoms with Crippen LogP contribution in [0.4, 0.5) is 49.1 Å². The number of nitrogen functional groups attached to an aromatic ring is 2. The number of alkyl halides is 6. The Hall–Kier alpha value is -2.78. The highest BCUT2D eigenvalue weighted by molar-refractivity contribution is 5.71. The Kier molecular flexibility index (Phi) is 5.13. The van der Waals surface area contributed by atoms with Gasteiger partial charge in [-0.15, -0.1) is 0 Å². The van der Waals surface area contributed by atoms with Gasteiger partial charge in [0.15, 0.2) is 0 Å². The van der Waals surface area contributed by atoms with E-state index in [0.29, 0.717) is 12.1 Å². The van der Waals surface area contributed by atoms with Crippen LogP contribution in [0.2, 0.25) is 0 Å². The highest BCUT2D eigenvalue weighted by Gasteiger charge is 2.72. The standard InChI is InChI=1S/C17H18F6N4/c1-26-13-5-3-9(7-11(13)24)15(16(18,19)20,17(21,22)23)10-4-6-14(27-2)12(25)8-10/h3-8,26-27H,24-25H2,1-2H3. The fourth-order valence-electron chi connectivity index (χ4n) is 3.03. The number of nitrogens with one attached hydrogen (secondary N) is 2. The lowest BCUT2D eigenvalue weighted by Crippen LogP contribution is -2.54. The van der Waals surface area contributed by atoms with Gasteiger partial charge in [-0.3, -0.25) is 0 Å². The van der Waals surface area contributed by atoms with Gasteiger partial charge in [-0.25, -0.2) is 0 Å². The highest BCUT2D eigenvalue weighted by Crippen LogP contribution is 2.57. The molecule has 0 fully saturated rings. The molecule has 27 heavy (non-hydrogen) atoms. The average Bonchev–Trinajstić information content (AvgIpc) is 2.53. The van der Waals surface area contributed by atoms with Crippen molar-refractivity contribution in [3.8, 4) is 0 Å². The summed E-state index contributed by atoms with van der Waals surface area (Å²) < 4.78 is 84.2. The van der Waals surface area contributed by atoms with Gasteiger partial charge in [-0.05, 0) is 35.4 Å². The second-order valence-corrected chi connectivity index (χ2v) is 5.85. The zero-order valence-corrected chi connectivity index (χ0v) is 14.4. The first-order valence-corrected chi connectivity index (χ1v) is 7.69. The van der Waals surface area contributed by atoms with Crippen molar-refractivity contribution in [2.45, 2.75) is 17.8 Å². The molecule has 2 aromatic carbocycles. The third-order valence-electron chi connectivity index (χ3n) is 4.36. The topological polar surface area (TPSA) is 76.1 Å². The molecule has 0 aliphatic rings. The van der Waals surface area contributed by atoms with E-state index in [0.717, 1.165) is 24.3 Å². The molecular formula is C17H18F6N4. The smallest absolute Gasteiger partial charge is 0.397 e. The third kappa shape index (κ3) is 3.19. The lowest BCUT2D eigenvalue weighted by molar-refractivity contribution is -0.288. The monoisotopic (exact) mass is 392 g/mol. The lowest BCUT2D eigenvalue weighted by atomic mass is 9.72. The van der Waals surface area contributed by atoms with Crippen molar-refractivity contribution in [3.63, 3.8) is 0 Å². The molecule has 0 atom stereocenters. The molecule has 0 saturated heterocycles. The minimum Gasteiger partial charge on any atom is -0.397 e. The van der Waals surface area contributed by atoms with Crippen molar-refractivity contribution >= 4 is 22.7 Å². The van der Waals surface area contributed by atoms with E-state index < -0.39 is 28.9 Å². The van der Waals surface area contributed by atoms with Gasteiger partial charge in [0, 0.05) is 14.1 Å². The van der Waals surface area contributed by atoms with Crippen LogP contribution in [0.3, 0.4) is 0 Å². The van der Waals surface area contributed by atoms with Crippen molar-refractivity contribution in [3.05, 3.63) is 47.5 Å². The van der Waals surface area contributed by atoms with Gasteiger partial charge >= 0.3 is 12.4 Å². The summed E-state index contributed by atoms with van der Waals surface area (Å²) >= 11 is 0. The summed E-state index contributed by atoms with van der Waals surface area (Å²) in [6.07, 6.45) is -11.4. The predicted molar refractivity (Wildman–Crippen MR) is 93.7 cm³/mol. The van der Waals surface area contributed by atoms with E-state index in [9.17, 15) is 26.3 Å². The largest absolute Gasteiger partial charge is 0.411 e. The maximum atomic E-state index is 14.0. The molecule has 0 aliphatic carbocycles. The van der Waals surface area contributed by atoms with E-state index in [1.54, 1.807) is 0 Å². The molecule has 0 saturated carbocycles. The number of hydrogen-bond acceptors (Lipinski definition) is 4. The number of rotatable bonds is 4. The molecule has 148 valence electrons. The Morgan fingerprint density at radius 1 is 0.667 bits per heavy atom. The highest BCUT2D eigenvalue weighted by atomic mass is 19.4. The molecule has 0 aromatic heterocycles. The Labute approximate surface area is 151 Å². The van der Waals surface area contributed by atoms with Gasteiger partial charge in [0.1, 0.15) is 0 Å². The first-order valence-electron chi connectivity index (χ1n) is 7.69. The normalized spacial score (nSPS) is 12.7.